The predicted molar refractivity (Wildman–Crippen MR) is 365 cm³/mol. The summed E-state index contributed by atoms with van der Waals surface area (Å²) < 4.78 is 378. The van der Waals surface area contributed by atoms with E-state index in [4.69, 9.17) is 61.6 Å². The zero-order chi connectivity index (χ0) is 87.6. The van der Waals surface area contributed by atoms with Gasteiger partial charge < -0.3 is 97.3 Å². The van der Waals surface area contributed by atoms with Crippen LogP contribution in [0, 0.1) is 0 Å². The van der Waals surface area contributed by atoms with Crippen molar-refractivity contribution in [1.29, 1.82) is 0 Å². The third kappa shape index (κ3) is 29.6. The van der Waals surface area contributed by atoms with Crippen molar-refractivity contribution in [2.45, 2.75) is 173 Å². The third-order valence-corrected chi connectivity index (χ3v) is 20.5. The minimum absolute atomic E-state index is 0.0632. The molecule has 5 saturated heterocycles. The molecule has 0 aliphatic carbocycles. The van der Waals surface area contributed by atoms with Crippen LogP contribution in [0.15, 0.2) is 103 Å². The number of rotatable bonds is 39. The molecule has 118 heavy (non-hydrogen) atoms. The molecule has 5 fully saturated rings. The predicted octanol–water partition coefficient (Wildman–Crippen LogP) is -9.44. The number of aliphatic hydroxyl groups is 7. The van der Waals surface area contributed by atoms with Crippen LogP contribution in [0.3, 0.4) is 0 Å². The zero-order valence-corrected chi connectivity index (χ0v) is 65.2. The Balaban J connectivity index is 1.20. The highest BCUT2D eigenvalue weighted by Gasteiger charge is 2.62. The van der Waals surface area contributed by atoms with Crippen molar-refractivity contribution < 1.29 is 236 Å². The largest absolute Gasteiger partial charge is 0.465 e. The quantitative estimate of drug-likeness (QED) is 0.00829. The molecular weight excluding hydrogens is 1790 g/mol. The van der Waals surface area contributed by atoms with Crippen molar-refractivity contribution in [3.63, 3.8) is 0 Å². The number of hydrogen-bond acceptors (Lipinski definition) is 44. The minimum atomic E-state index is -6.26. The van der Waals surface area contributed by atoms with Gasteiger partial charge in [0.25, 0.3) is 0 Å². The molecule has 0 saturated carbocycles. The summed E-state index contributed by atoms with van der Waals surface area (Å²) in [5, 5.41) is 81.5. The summed E-state index contributed by atoms with van der Waals surface area (Å²) in [6.07, 6.45) is -64.4. The first kappa shape index (κ1) is 97.4. The van der Waals surface area contributed by atoms with Gasteiger partial charge in [-0.05, 0) is 16.7 Å². The Hall–Kier alpha value is -6.07. The van der Waals surface area contributed by atoms with Gasteiger partial charge in [0.2, 0.25) is 6.29 Å². The highest BCUT2D eigenvalue weighted by Crippen LogP contribution is 2.40. The second kappa shape index (κ2) is 40.5. The Morgan fingerprint density at radius 1 is 0.356 bits per heavy atom. The Bertz CT molecular complexity index is 4890. The lowest BCUT2D eigenvalue weighted by molar-refractivity contribution is -0.373. The fourth-order valence-electron chi connectivity index (χ4n) is 11.6. The third-order valence-electron chi connectivity index (χ3n) is 16.6. The first-order valence-electron chi connectivity index (χ1n) is 32.6. The van der Waals surface area contributed by atoms with E-state index in [0.717, 1.165) is 0 Å². The standard InChI is InChI=1S/C55H73N3O52S8/c59-17-27(16-31(60)93-18-24-10-4-1-5-11-24)99-51-33(57-112(72,73)74)37(63)41(29(101-51)22-97-115(81,82)83)103-54-46(110-118(90,91)92)40(66)44(48(108-54)50(68)95-20-26-14-8-3-9-15-26)106-53-34(58-113(75,76)77)38(64)42(30(102-53)23-98-116(84,85)86)104-55-45(109-117(87,88)89)39(65)43(47(107-55)49(67)94-19-25-12-6-2-7-13-25)105-52-32(56-111(69,70)71)36(62)35(61)28(100-52)21-96-114(78,79)80/h1-16,28-30,32-48,51-59,61-66H,17-23H2,(H,69,70,71)(H,72,73,74)(H,75,76,77)(H,78,79,80)(H,81,82,83)(H,84,85,86)(H,87,88,89)(H,90,91,92)/b27-16+. The maximum Gasteiger partial charge on any atom is 0.397 e. The molecule has 18 N–H and O–H groups in total. The van der Waals surface area contributed by atoms with E-state index in [1.165, 1.54) is 87.0 Å². The average Bonchev–Trinajstić information content (AvgIpc) is 0.757. The van der Waals surface area contributed by atoms with Crippen LogP contribution in [0.5, 0.6) is 0 Å². The Morgan fingerprint density at radius 2 is 0.669 bits per heavy atom. The highest BCUT2D eigenvalue weighted by molar-refractivity contribution is 7.84. The fraction of sp³-hybridized carbons (Fsp3) is 0.582. The number of benzene rings is 3. The molecule has 55 nitrogen and oxygen atoms in total. The van der Waals surface area contributed by atoms with Crippen molar-refractivity contribution in [2.24, 2.45) is 0 Å². The summed E-state index contributed by atoms with van der Waals surface area (Å²) in [7, 11) is -47.2. The molecule has 25 unspecified atom stereocenters. The smallest absolute Gasteiger partial charge is 0.397 e. The monoisotopic (exact) mass is 1860 g/mol. The van der Waals surface area contributed by atoms with Gasteiger partial charge in [0, 0.05) is 0 Å². The van der Waals surface area contributed by atoms with Gasteiger partial charge in [0.05, 0.1) is 25.9 Å². The molecule has 25 atom stereocenters. The van der Waals surface area contributed by atoms with Crippen molar-refractivity contribution in [2.75, 3.05) is 26.4 Å². The molecule has 0 radical (unpaired) electrons. The van der Waals surface area contributed by atoms with Gasteiger partial charge in [-0.3, -0.25) is 36.4 Å². The highest BCUT2D eigenvalue weighted by atomic mass is 32.3. The van der Waals surface area contributed by atoms with E-state index < -0.39 is 306 Å². The summed E-state index contributed by atoms with van der Waals surface area (Å²) in [5.41, 5.74) is 0.569. The molecule has 5 heterocycles. The number of ether oxygens (including phenoxy) is 13. The van der Waals surface area contributed by atoms with Crippen LogP contribution in [-0.2, 0) is 200 Å². The fourth-order valence-corrected chi connectivity index (χ4v) is 15.3. The number of carbonyl (C=O) groups excluding carboxylic acids is 3. The number of nitrogens with one attached hydrogen (secondary N) is 3. The van der Waals surface area contributed by atoms with Crippen LogP contribution in [-0.4, -0.2) is 337 Å². The van der Waals surface area contributed by atoms with Gasteiger partial charge >= 0.3 is 101 Å². The number of carbonyl (C=O) groups is 3. The van der Waals surface area contributed by atoms with Crippen LogP contribution in [0.1, 0.15) is 16.7 Å². The number of esters is 3. The van der Waals surface area contributed by atoms with E-state index in [2.05, 4.69) is 20.9 Å². The van der Waals surface area contributed by atoms with Gasteiger partial charge in [0.1, 0.15) is 130 Å². The summed E-state index contributed by atoms with van der Waals surface area (Å²) in [6, 6.07) is 12.9. The number of aliphatic hydroxyl groups excluding tert-OH is 7. The van der Waals surface area contributed by atoms with E-state index in [-0.39, 0.29) is 11.1 Å². The maximum absolute atomic E-state index is 14.7. The van der Waals surface area contributed by atoms with Gasteiger partial charge in [0.15, 0.2) is 49.6 Å². The molecule has 3 aromatic carbocycles. The second-order valence-corrected chi connectivity index (χ2v) is 33.9. The van der Waals surface area contributed by atoms with Gasteiger partial charge in [-0.1, -0.05) is 91.0 Å². The van der Waals surface area contributed by atoms with Gasteiger partial charge in [-0.2, -0.15) is 81.5 Å². The molecule has 668 valence electrons. The SMILES string of the molecule is O=C(/C=C(\CO)OC1OC(COS(=O)(=O)O)C(OC2OC(C(=O)OCc3ccccc3)C(OC3OC(COS(=O)(=O)O)C(OC4OC(C(=O)OCc5ccccc5)C(OC5OC(COS(=O)(=O)O)C(O)C(O)C5NS(=O)(=O)O)C(O)C4OS(=O)(=O)O)C(O)C3NS(=O)(=O)O)C(O)C2OS(=O)(=O)O)C(O)C1NS(=O)(=O)O)OCc1ccccc1. The molecule has 0 bridgehead atoms. The van der Waals surface area contributed by atoms with Crippen LogP contribution >= 0.6 is 0 Å². The van der Waals surface area contributed by atoms with Crippen molar-refractivity contribution in [3.8, 4) is 0 Å². The number of hydrogen-bond donors (Lipinski definition) is 18. The van der Waals surface area contributed by atoms with E-state index in [9.17, 15) is 154 Å². The van der Waals surface area contributed by atoms with Crippen LogP contribution in [0.2, 0.25) is 0 Å². The van der Waals surface area contributed by atoms with E-state index in [1.807, 2.05) is 0 Å². The van der Waals surface area contributed by atoms with Crippen molar-refractivity contribution >= 4 is 101 Å². The van der Waals surface area contributed by atoms with Crippen LogP contribution in [0.25, 0.3) is 0 Å². The van der Waals surface area contributed by atoms with Crippen LogP contribution in [0.4, 0.5) is 0 Å². The van der Waals surface area contributed by atoms with Crippen molar-refractivity contribution in [1.82, 2.24) is 14.2 Å². The Morgan fingerprint density at radius 3 is 1.01 bits per heavy atom. The molecular formula is C55H73N3O52S8. The summed E-state index contributed by atoms with van der Waals surface area (Å²) in [5.74, 6) is -6.06. The maximum atomic E-state index is 14.7. The van der Waals surface area contributed by atoms with E-state index in [0.29, 0.717) is 11.6 Å². The molecule has 0 aromatic heterocycles. The summed E-state index contributed by atoms with van der Waals surface area (Å²) in [6.45, 7) is -8.73. The first-order chi connectivity index (χ1) is 54.6. The van der Waals surface area contributed by atoms with Gasteiger partial charge in [-0.15, -0.1) is 0 Å². The molecule has 3 aromatic rings. The first-order valence-corrected chi connectivity index (χ1v) is 43.8. The molecule has 63 heteroatoms. The van der Waals surface area contributed by atoms with E-state index >= 15 is 0 Å². The summed E-state index contributed by atoms with van der Waals surface area (Å²) in [4.78, 5) is 42.1. The molecule has 8 rings (SSSR count). The lowest BCUT2D eigenvalue weighted by Crippen LogP contribution is -2.71. The molecule has 0 spiro atoms. The second-order valence-electron chi connectivity index (χ2n) is 25.0. The molecule has 0 amide bonds. The average molecular weight is 1860 g/mol. The van der Waals surface area contributed by atoms with Crippen molar-refractivity contribution in [3.05, 3.63) is 120 Å². The Labute approximate surface area is 667 Å². The lowest BCUT2D eigenvalue weighted by atomic mass is 9.94. The summed E-state index contributed by atoms with van der Waals surface area (Å²) >= 11 is 0. The Kier molecular flexibility index (Phi) is 33.4. The van der Waals surface area contributed by atoms with Crippen LogP contribution < -0.4 is 14.2 Å². The molecule has 5 aliphatic rings. The zero-order valence-electron chi connectivity index (χ0n) is 58.7. The topological polar surface area (TPSA) is 830 Å². The van der Waals surface area contributed by atoms with E-state index in [1.54, 1.807) is 18.2 Å². The minimum Gasteiger partial charge on any atom is -0.465 e. The normalized spacial score (nSPS) is 32.4. The molecule has 5 aliphatic heterocycles. The van der Waals surface area contributed by atoms with Gasteiger partial charge in [-0.25, -0.2) is 35.3 Å². The lowest BCUT2D eigenvalue weighted by Gasteiger charge is -2.50.